The molecule has 0 amide bonds. The van der Waals surface area contributed by atoms with Crippen LogP contribution in [0.3, 0.4) is 0 Å². The van der Waals surface area contributed by atoms with Crippen LogP contribution in [-0.2, 0) is 12.8 Å². The van der Waals surface area contributed by atoms with Crippen LogP contribution in [0.25, 0.3) is 5.69 Å². The number of benzene rings is 1. The normalized spacial score (nSPS) is 10.9. The Kier molecular flexibility index (Phi) is 4.97. The van der Waals surface area contributed by atoms with Gasteiger partial charge in [0, 0.05) is 12.1 Å². The average Bonchev–Trinajstić information content (AvgIpc) is 2.79. The lowest BCUT2D eigenvalue weighted by Crippen LogP contribution is -2.01. The number of aromatic nitrogens is 3. The van der Waals surface area contributed by atoms with Crippen LogP contribution in [0.15, 0.2) is 24.3 Å². The molecule has 2 aromatic rings. The summed E-state index contributed by atoms with van der Waals surface area (Å²) in [6.45, 7) is 4.34. The molecule has 0 unspecified atom stereocenters. The number of rotatable bonds is 6. The van der Waals surface area contributed by atoms with Gasteiger partial charge in [-0.2, -0.15) is 0 Å². The van der Waals surface area contributed by atoms with Crippen LogP contribution in [-0.4, -0.2) is 14.8 Å². The number of halogens is 1. The van der Waals surface area contributed by atoms with Crippen molar-refractivity contribution in [2.45, 2.75) is 46.0 Å². The highest BCUT2D eigenvalue weighted by Crippen LogP contribution is 2.19. The molecule has 0 fully saturated rings. The summed E-state index contributed by atoms with van der Waals surface area (Å²) in [5, 5.41) is 8.53. The van der Waals surface area contributed by atoms with E-state index in [2.05, 4.69) is 48.3 Å². The van der Waals surface area contributed by atoms with Gasteiger partial charge in [0.25, 0.3) is 0 Å². The van der Waals surface area contributed by atoms with Crippen LogP contribution in [0, 0.1) is 0 Å². The standard InChI is InChI=1S/C15H20ClN3/c1-3-5-7-12-8-10-13(11-9-12)19-14(6-4-2)17-18-15(19)16/h8-11H,3-7H2,1-2H3. The minimum atomic E-state index is 0.435. The first-order chi connectivity index (χ1) is 9.26. The van der Waals surface area contributed by atoms with Gasteiger partial charge < -0.3 is 0 Å². The molecule has 4 heteroatoms. The minimum Gasteiger partial charge on any atom is -0.270 e. The third kappa shape index (κ3) is 3.35. The van der Waals surface area contributed by atoms with Crippen molar-refractivity contribution in [3.05, 3.63) is 40.9 Å². The second-order valence-electron chi connectivity index (χ2n) is 4.74. The van der Waals surface area contributed by atoms with Crippen molar-refractivity contribution in [1.29, 1.82) is 0 Å². The fraction of sp³-hybridized carbons (Fsp3) is 0.467. The van der Waals surface area contributed by atoms with Crippen LogP contribution in [0.4, 0.5) is 0 Å². The Morgan fingerprint density at radius 3 is 2.37 bits per heavy atom. The molecule has 0 radical (unpaired) electrons. The molecule has 1 heterocycles. The Labute approximate surface area is 119 Å². The topological polar surface area (TPSA) is 30.7 Å². The molecule has 3 nitrogen and oxygen atoms in total. The zero-order valence-corrected chi connectivity index (χ0v) is 12.3. The highest BCUT2D eigenvalue weighted by Gasteiger charge is 2.11. The second kappa shape index (κ2) is 6.71. The zero-order chi connectivity index (χ0) is 13.7. The average molecular weight is 278 g/mol. The molecule has 1 aromatic carbocycles. The predicted octanol–water partition coefficient (Wildman–Crippen LogP) is 4.22. The number of nitrogens with zero attached hydrogens (tertiary/aromatic N) is 3. The lowest BCUT2D eigenvalue weighted by Gasteiger charge is -2.08. The van der Waals surface area contributed by atoms with Crippen molar-refractivity contribution in [3.63, 3.8) is 0 Å². The number of hydrogen-bond acceptors (Lipinski definition) is 2. The van der Waals surface area contributed by atoms with Gasteiger partial charge in [-0.3, -0.25) is 4.57 Å². The van der Waals surface area contributed by atoms with Crippen LogP contribution in [0.1, 0.15) is 44.5 Å². The van der Waals surface area contributed by atoms with E-state index >= 15 is 0 Å². The Morgan fingerprint density at radius 2 is 1.74 bits per heavy atom. The number of unbranched alkanes of at least 4 members (excludes halogenated alkanes) is 1. The number of aryl methyl sites for hydroxylation is 2. The molecule has 0 atom stereocenters. The van der Waals surface area contributed by atoms with Crippen LogP contribution >= 0.6 is 11.6 Å². The van der Waals surface area contributed by atoms with E-state index in [1.54, 1.807) is 0 Å². The van der Waals surface area contributed by atoms with Gasteiger partial charge in [-0.05, 0) is 48.6 Å². The van der Waals surface area contributed by atoms with Crippen molar-refractivity contribution in [3.8, 4) is 5.69 Å². The smallest absolute Gasteiger partial charge is 0.229 e. The van der Waals surface area contributed by atoms with Crippen molar-refractivity contribution in [1.82, 2.24) is 14.8 Å². The molecule has 0 bridgehead atoms. The van der Waals surface area contributed by atoms with E-state index in [0.29, 0.717) is 5.28 Å². The van der Waals surface area contributed by atoms with Gasteiger partial charge in [0.2, 0.25) is 5.28 Å². The highest BCUT2D eigenvalue weighted by atomic mass is 35.5. The minimum absolute atomic E-state index is 0.435. The molecule has 0 spiro atoms. The lowest BCUT2D eigenvalue weighted by molar-refractivity contribution is 0.791. The van der Waals surface area contributed by atoms with Gasteiger partial charge in [-0.25, -0.2) is 0 Å². The van der Waals surface area contributed by atoms with Crippen molar-refractivity contribution >= 4 is 11.6 Å². The first kappa shape index (κ1) is 14.1. The first-order valence-corrected chi connectivity index (χ1v) is 7.33. The first-order valence-electron chi connectivity index (χ1n) is 6.95. The van der Waals surface area contributed by atoms with Gasteiger partial charge in [-0.1, -0.05) is 32.4 Å². The quantitative estimate of drug-likeness (QED) is 0.792. The zero-order valence-electron chi connectivity index (χ0n) is 11.6. The van der Waals surface area contributed by atoms with Crippen molar-refractivity contribution in [2.24, 2.45) is 0 Å². The van der Waals surface area contributed by atoms with E-state index in [4.69, 9.17) is 11.6 Å². The summed E-state index contributed by atoms with van der Waals surface area (Å²) >= 11 is 6.13. The van der Waals surface area contributed by atoms with Gasteiger partial charge in [-0.15, -0.1) is 10.2 Å². The molecule has 0 aliphatic heterocycles. The van der Waals surface area contributed by atoms with Crippen molar-refractivity contribution in [2.75, 3.05) is 0 Å². The fourth-order valence-electron chi connectivity index (χ4n) is 2.13. The predicted molar refractivity (Wildman–Crippen MR) is 79.0 cm³/mol. The van der Waals surface area contributed by atoms with Crippen molar-refractivity contribution < 1.29 is 0 Å². The second-order valence-corrected chi connectivity index (χ2v) is 5.08. The fourth-order valence-corrected chi connectivity index (χ4v) is 2.36. The Morgan fingerprint density at radius 1 is 1.00 bits per heavy atom. The molecule has 1 aromatic heterocycles. The molecule has 0 aliphatic carbocycles. The maximum atomic E-state index is 6.13. The van der Waals surface area contributed by atoms with E-state index in [1.165, 1.54) is 18.4 Å². The molecular weight excluding hydrogens is 258 g/mol. The summed E-state index contributed by atoms with van der Waals surface area (Å²) < 4.78 is 1.93. The van der Waals surface area contributed by atoms with Gasteiger partial charge >= 0.3 is 0 Å². The molecule has 0 saturated heterocycles. The Hall–Kier alpha value is -1.35. The molecule has 0 N–H and O–H groups in total. The lowest BCUT2D eigenvalue weighted by atomic mass is 10.1. The van der Waals surface area contributed by atoms with E-state index in [1.807, 2.05) is 4.57 Å². The molecular formula is C15H20ClN3. The molecule has 19 heavy (non-hydrogen) atoms. The summed E-state index contributed by atoms with van der Waals surface area (Å²) in [5.74, 6) is 0.925. The maximum absolute atomic E-state index is 6.13. The third-order valence-electron chi connectivity index (χ3n) is 3.18. The highest BCUT2D eigenvalue weighted by molar-refractivity contribution is 6.28. The van der Waals surface area contributed by atoms with E-state index in [-0.39, 0.29) is 0 Å². The summed E-state index contributed by atoms with van der Waals surface area (Å²) in [5.41, 5.74) is 2.41. The summed E-state index contributed by atoms with van der Waals surface area (Å²) in [4.78, 5) is 0. The molecule has 0 aliphatic rings. The van der Waals surface area contributed by atoms with Crippen LogP contribution in [0.5, 0.6) is 0 Å². The Balaban J connectivity index is 2.24. The van der Waals surface area contributed by atoms with Gasteiger partial charge in [0.05, 0.1) is 0 Å². The van der Waals surface area contributed by atoms with E-state index in [9.17, 15) is 0 Å². The molecule has 102 valence electrons. The number of hydrogen-bond donors (Lipinski definition) is 0. The third-order valence-corrected chi connectivity index (χ3v) is 3.42. The SMILES string of the molecule is CCCCc1ccc(-n2c(Cl)nnc2CCC)cc1. The van der Waals surface area contributed by atoms with E-state index < -0.39 is 0 Å². The summed E-state index contributed by atoms with van der Waals surface area (Å²) in [7, 11) is 0. The Bertz CT molecular complexity index is 517. The van der Waals surface area contributed by atoms with Crippen LogP contribution in [0.2, 0.25) is 5.28 Å². The van der Waals surface area contributed by atoms with Gasteiger partial charge in [0.15, 0.2) is 0 Å². The van der Waals surface area contributed by atoms with Gasteiger partial charge in [0.1, 0.15) is 5.82 Å². The summed E-state index contributed by atoms with van der Waals surface area (Å²) in [6.07, 6.45) is 5.50. The largest absolute Gasteiger partial charge is 0.270 e. The van der Waals surface area contributed by atoms with E-state index in [0.717, 1.165) is 30.8 Å². The molecule has 2 rings (SSSR count). The summed E-state index contributed by atoms with van der Waals surface area (Å²) in [6, 6.07) is 8.52. The maximum Gasteiger partial charge on any atom is 0.229 e. The van der Waals surface area contributed by atoms with Crippen LogP contribution < -0.4 is 0 Å². The monoisotopic (exact) mass is 277 g/mol. The molecule has 0 saturated carbocycles.